The minimum absolute atomic E-state index is 0.0127. The first-order chi connectivity index (χ1) is 14.0. The highest BCUT2D eigenvalue weighted by molar-refractivity contribution is 6.37. The molecule has 0 aliphatic carbocycles. The third-order valence-corrected chi connectivity index (χ3v) is 4.82. The molecular weight excluding hydrogens is 414 g/mol. The molecule has 0 aliphatic heterocycles. The monoisotopic (exact) mass is 430 g/mol. The Morgan fingerprint density at radius 3 is 2.28 bits per heavy atom. The lowest BCUT2D eigenvalue weighted by molar-refractivity contribution is 0.0955. The van der Waals surface area contributed by atoms with E-state index in [0.717, 1.165) is 17.7 Å². The van der Waals surface area contributed by atoms with Crippen LogP contribution in [-0.2, 0) is 6.42 Å². The van der Waals surface area contributed by atoms with E-state index in [1.165, 1.54) is 0 Å². The van der Waals surface area contributed by atoms with Crippen LogP contribution in [0.1, 0.15) is 26.3 Å². The van der Waals surface area contributed by atoms with Crippen LogP contribution in [-0.4, -0.2) is 18.4 Å². The third kappa shape index (κ3) is 5.34. The zero-order valence-electron chi connectivity index (χ0n) is 15.2. The average Bonchev–Trinajstić information content (AvgIpc) is 2.71. The standard InChI is InChI=1S/C22H17Cl2FN2O2/c23-17-13-18(24)19(25)12-16(17)22(29)27-20-9-5-4-8-15(20)21(28)26-11-10-14-6-2-1-3-7-14/h1-9,12-13H,10-11H2,(H,26,28)(H,27,29). The van der Waals surface area contributed by atoms with Crippen LogP contribution in [0.15, 0.2) is 66.7 Å². The SMILES string of the molecule is O=C(Nc1ccccc1C(=O)NCCc1ccccc1)c1cc(F)c(Cl)cc1Cl. The van der Waals surface area contributed by atoms with Crippen LogP contribution in [0.4, 0.5) is 10.1 Å². The number of benzene rings is 3. The summed E-state index contributed by atoms with van der Waals surface area (Å²) in [6.07, 6.45) is 0.681. The Kier molecular flexibility index (Phi) is 6.86. The van der Waals surface area contributed by atoms with E-state index >= 15 is 0 Å². The smallest absolute Gasteiger partial charge is 0.257 e. The zero-order valence-corrected chi connectivity index (χ0v) is 16.7. The van der Waals surface area contributed by atoms with Crippen LogP contribution in [0.5, 0.6) is 0 Å². The summed E-state index contributed by atoms with van der Waals surface area (Å²) in [4.78, 5) is 25.1. The highest BCUT2D eigenvalue weighted by atomic mass is 35.5. The first-order valence-electron chi connectivity index (χ1n) is 8.83. The van der Waals surface area contributed by atoms with Gasteiger partial charge >= 0.3 is 0 Å². The number of carbonyl (C=O) groups is 2. The molecule has 0 spiro atoms. The molecule has 0 radical (unpaired) electrons. The van der Waals surface area contributed by atoms with Crippen LogP contribution in [0.3, 0.4) is 0 Å². The molecule has 148 valence electrons. The van der Waals surface area contributed by atoms with Gasteiger partial charge in [0.05, 0.1) is 26.9 Å². The lowest BCUT2D eigenvalue weighted by Crippen LogP contribution is -2.27. The number of hydrogen-bond donors (Lipinski definition) is 2. The van der Waals surface area contributed by atoms with E-state index in [2.05, 4.69) is 10.6 Å². The molecule has 0 aliphatic rings. The van der Waals surface area contributed by atoms with Crippen molar-refractivity contribution in [1.82, 2.24) is 5.32 Å². The number of hydrogen-bond acceptors (Lipinski definition) is 2. The number of carbonyl (C=O) groups excluding carboxylic acids is 2. The van der Waals surface area contributed by atoms with Gasteiger partial charge in [-0.1, -0.05) is 65.7 Å². The maximum atomic E-state index is 13.7. The molecule has 29 heavy (non-hydrogen) atoms. The van der Waals surface area contributed by atoms with Crippen molar-refractivity contribution >= 4 is 40.7 Å². The molecule has 0 saturated carbocycles. The molecule has 0 heterocycles. The summed E-state index contributed by atoms with van der Waals surface area (Å²) in [6.45, 7) is 0.444. The second-order valence-corrected chi connectivity index (χ2v) is 7.05. The molecule has 4 nitrogen and oxygen atoms in total. The number of anilines is 1. The number of para-hydroxylation sites is 1. The first kappa shape index (κ1) is 20.8. The number of halogens is 3. The van der Waals surface area contributed by atoms with E-state index < -0.39 is 11.7 Å². The van der Waals surface area contributed by atoms with Crippen molar-refractivity contribution in [3.63, 3.8) is 0 Å². The Morgan fingerprint density at radius 2 is 1.52 bits per heavy atom. The molecular formula is C22H17Cl2FN2O2. The molecule has 0 atom stereocenters. The second kappa shape index (κ2) is 9.54. The van der Waals surface area contributed by atoms with Gasteiger partial charge in [-0.2, -0.15) is 0 Å². The van der Waals surface area contributed by atoms with Crippen molar-refractivity contribution in [2.45, 2.75) is 6.42 Å². The van der Waals surface area contributed by atoms with Gasteiger partial charge in [0, 0.05) is 6.54 Å². The number of nitrogens with one attached hydrogen (secondary N) is 2. The average molecular weight is 431 g/mol. The Bertz CT molecular complexity index is 1040. The predicted molar refractivity (Wildman–Crippen MR) is 113 cm³/mol. The first-order valence-corrected chi connectivity index (χ1v) is 9.58. The quantitative estimate of drug-likeness (QED) is 0.517. The summed E-state index contributed by atoms with van der Waals surface area (Å²) in [7, 11) is 0. The van der Waals surface area contributed by atoms with Crippen molar-refractivity contribution in [1.29, 1.82) is 0 Å². The van der Waals surface area contributed by atoms with E-state index in [1.807, 2.05) is 30.3 Å². The van der Waals surface area contributed by atoms with Crippen molar-refractivity contribution < 1.29 is 14.0 Å². The van der Waals surface area contributed by atoms with Crippen LogP contribution in [0, 0.1) is 5.82 Å². The fraction of sp³-hybridized carbons (Fsp3) is 0.0909. The van der Waals surface area contributed by atoms with Crippen LogP contribution >= 0.6 is 23.2 Å². The fourth-order valence-corrected chi connectivity index (χ4v) is 3.21. The minimum Gasteiger partial charge on any atom is -0.352 e. The normalized spacial score (nSPS) is 10.4. The largest absolute Gasteiger partial charge is 0.352 e. The molecule has 0 aromatic heterocycles. The van der Waals surface area contributed by atoms with Gasteiger partial charge in [0.1, 0.15) is 5.82 Å². The highest BCUT2D eigenvalue weighted by Crippen LogP contribution is 2.25. The van der Waals surface area contributed by atoms with Crippen molar-refractivity contribution in [3.8, 4) is 0 Å². The van der Waals surface area contributed by atoms with Gasteiger partial charge < -0.3 is 10.6 Å². The summed E-state index contributed by atoms with van der Waals surface area (Å²) in [5, 5.41) is 5.28. The molecule has 0 unspecified atom stereocenters. The Morgan fingerprint density at radius 1 is 0.828 bits per heavy atom. The van der Waals surface area contributed by atoms with Crippen LogP contribution < -0.4 is 10.6 Å². The highest BCUT2D eigenvalue weighted by Gasteiger charge is 2.17. The van der Waals surface area contributed by atoms with E-state index in [1.54, 1.807) is 24.3 Å². The summed E-state index contributed by atoms with van der Waals surface area (Å²) in [6, 6.07) is 18.4. The van der Waals surface area contributed by atoms with Gasteiger partial charge in [-0.05, 0) is 36.2 Å². The lowest BCUT2D eigenvalue weighted by Gasteiger charge is -2.12. The van der Waals surface area contributed by atoms with Crippen LogP contribution in [0.2, 0.25) is 10.0 Å². The molecule has 2 N–H and O–H groups in total. The summed E-state index contributed by atoms with van der Waals surface area (Å²) >= 11 is 11.7. The van der Waals surface area contributed by atoms with E-state index in [0.29, 0.717) is 24.2 Å². The van der Waals surface area contributed by atoms with Gasteiger partial charge in [0.15, 0.2) is 0 Å². The summed E-state index contributed by atoms with van der Waals surface area (Å²) in [5.74, 6) is -1.73. The molecule has 2 amide bonds. The summed E-state index contributed by atoms with van der Waals surface area (Å²) in [5.41, 5.74) is 1.61. The second-order valence-electron chi connectivity index (χ2n) is 6.24. The Labute approximate surface area is 177 Å². The lowest BCUT2D eigenvalue weighted by atomic mass is 10.1. The van der Waals surface area contributed by atoms with Gasteiger partial charge in [0.25, 0.3) is 11.8 Å². The number of amides is 2. The Hall–Kier alpha value is -2.89. The molecule has 3 aromatic rings. The Balaban J connectivity index is 1.70. The minimum atomic E-state index is -0.756. The maximum Gasteiger partial charge on any atom is 0.257 e. The van der Waals surface area contributed by atoms with Crippen molar-refractivity contribution in [2.75, 3.05) is 11.9 Å². The molecule has 7 heteroatoms. The van der Waals surface area contributed by atoms with Crippen molar-refractivity contribution in [3.05, 3.63) is 99.3 Å². The predicted octanol–water partition coefficient (Wildman–Crippen LogP) is 5.36. The van der Waals surface area contributed by atoms with Gasteiger partial charge in [-0.15, -0.1) is 0 Å². The summed E-state index contributed by atoms with van der Waals surface area (Å²) < 4.78 is 13.7. The molecule has 3 rings (SSSR count). The molecule has 3 aromatic carbocycles. The van der Waals surface area contributed by atoms with E-state index in [9.17, 15) is 14.0 Å². The maximum absolute atomic E-state index is 13.7. The molecule has 0 saturated heterocycles. The van der Waals surface area contributed by atoms with Gasteiger partial charge in [-0.25, -0.2) is 4.39 Å². The fourth-order valence-electron chi connectivity index (χ4n) is 2.74. The zero-order chi connectivity index (χ0) is 20.8. The van der Waals surface area contributed by atoms with E-state index in [4.69, 9.17) is 23.2 Å². The number of rotatable bonds is 6. The van der Waals surface area contributed by atoms with Crippen LogP contribution in [0.25, 0.3) is 0 Å². The van der Waals surface area contributed by atoms with Gasteiger partial charge in [-0.3, -0.25) is 9.59 Å². The van der Waals surface area contributed by atoms with Gasteiger partial charge in [0.2, 0.25) is 0 Å². The topological polar surface area (TPSA) is 58.2 Å². The molecule has 0 bridgehead atoms. The molecule has 0 fully saturated rings. The van der Waals surface area contributed by atoms with Crippen molar-refractivity contribution in [2.24, 2.45) is 0 Å². The van der Waals surface area contributed by atoms with E-state index in [-0.39, 0.29) is 21.5 Å². The third-order valence-electron chi connectivity index (χ3n) is 4.22.